The standard InChI is InChI=1S/C13H10F3N2/c1-9-10(13(14,15)16)5-4-6-11(9)18-12-7-2-3-8-17-12/h2-6,8H,1H3,(H,17,18). The van der Waals surface area contributed by atoms with Gasteiger partial charge in [0.05, 0.1) is 5.56 Å². The minimum atomic E-state index is -4.35. The molecule has 1 radical (unpaired) electrons. The van der Waals surface area contributed by atoms with Gasteiger partial charge >= 0.3 is 6.18 Å². The molecule has 2 nitrogen and oxygen atoms in total. The van der Waals surface area contributed by atoms with Crippen molar-refractivity contribution in [2.45, 2.75) is 13.1 Å². The summed E-state index contributed by atoms with van der Waals surface area (Å²) in [6, 6.07) is 10.1. The Labute approximate surface area is 102 Å². The molecule has 18 heavy (non-hydrogen) atoms. The first kappa shape index (κ1) is 12.4. The van der Waals surface area contributed by atoms with Gasteiger partial charge in [0, 0.05) is 18.0 Å². The lowest BCUT2D eigenvalue weighted by molar-refractivity contribution is -0.138. The van der Waals surface area contributed by atoms with Gasteiger partial charge in [0.25, 0.3) is 0 Å². The van der Waals surface area contributed by atoms with E-state index in [-0.39, 0.29) is 5.56 Å². The first-order chi connectivity index (χ1) is 8.48. The number of anilines is 2. The molecule has 0 saturated heterocycles. The van der Waals surface area contributed by atoms with Crippen LogP contribution in [0.2, 0.25) is 0 Å². The van der Waals surface area contributed by atoms with Crippen LogP contribution in [0, 0.1) is 13.0 Å². The Kier molecular flexibility index (Phi) is 3.23. The Morgan fingerprint density at radius 3 is 2.61 bits per heavy atom. The lowest BCUT2D eigenvalue weighted by Crippen LogP contribution is -2.09. The Morgan fingerprint density at radius 1 is 1.22 bits per heavy atom. The van der Waals surface area contributed by atoms with E-state index in [1.54, 1.807) is 24.4 Å². The molecule has 2 aromatic rings. The van der Waals surface area contributed by atoms with Crippen LogP contribution in [0.5, 0.6) is 0 Å². The van der Waals surface area contributed by atoms with E-state index in [4.69, 9.17) is 0 Å². The Balaban J connectivity index is 2.36. The maximum atomic E-state index is 12.7. The molecule has 2 rings (SSSR count). The number of nitrogens with one attached hydrogen (secondary N) is 1. The van der Waals surface area contributed by atoms with Gasteiger partial charge < -0.3 is 5.32 Å². The van der Waals surface area contributed by atoms with Crippen LogP contribution in [0.25, 0.3) is 0 Å². The average Bonchev–Trinajstić information content (AvgIpc) is 2.32. The first-order valence-electron chi connectivity index (χ1n) is 5.25. The second kappa shape index (κ2) is 4.68. The minimum Gasteiger partial charge on any atom is -0.339 e. The van der Waals surface area contributed by atoms with Gasteiger partial charge in [0.15, 0.2) is 0 Å². The number of hydrogen-bond acceptors (Lipinski definition) is 2. The summed E-state index contributed by atoms with van der Waals surface area (Å²) in [4.78, 5) is 3.96. The molecular formula is C13H10F3N2. The van der Waals surface area contributed by atoms with Crippen molar-refractivity contribution in [1.29, 1.82) is 0 Å². The summed E-state index contributed by atoms with van der Waals surface area (Å²) in [6.07, 6.45) is -2.81. The highest BCUT2D eigenvalue weighted by Crippen LogP contribution is 2.35. The summed E-state index contributed by atoms with van der Waals surface area (Å²) in [5, 5.41) is 2.82. The van der Waals surface area contributed by atoms with Gasteiger partial charge in [-0.05, 0) is 36.8 Å². The van der Waals surface area contributed by atoms with Crippen LogP contribution in [0.3, 0.4) is 0 Å². The number of rotatable bonds is 2. The second-order valence-corrected chi connectivity index (χ2v) is 3.73. The zero-order chi connectivity index (χ0) is 13.2. The number of benzene rings is 1. The largest absolute Gasteiger partial charge is 0.416 e. The maximum Gasteiger partial charge on any atom is 0.416 e. The third kappa shape index (κ3) is 2.61. The molecule has 1 heterocycles. The highest BCUT2D eigenvalue weighted by molar-refractivity contribution is 5.62. The van der Waals surface area contributed by atoms with Crippen LogP contribution in [0.4, 0.5) is 24.7 Å². The molecule has 0 aliphatic carbocycles. The fourth-order valence-electron chi connectivity index (χ4n) is 1.60. The molecule has 1 aromatic carbocycles. The van der Waals surface area contributed by atoms with E-state index in [0.717, 1.165) is 6.07 Å². The van der Waals surface area contributed by atoms with Crippen molar-refractivity contribution in [2.24, 2.45) is 0 Å². The predicted molar refractivity (Wildman–Crippen MR) is 62.5 cm³/mol. The summed E-state index contributed by atoms with van der Waals surface area (Å²) in [5.74, 6) is 0.389. The monoisotopic (exact) mass is 251 g/mol. The van der Waals surface area contributed by atoms with E-state index < -0.39 is 11.7 Å². The average molecular weight is 251 g/mol. The molecule has 0 spiro atoms. The lowest BCUT2D eigenvalue weighted by Gasteiger charge is -2.14. The van der Waals surface area contributed by atoms with Crippen LogP contribution in [-0.2, 0) is 6.18 Å². The van der Waals surface area contributed by atoms with Crippen molar-refractivity contribution in [3.63, 3.8) is 0 Å². The molecule has 0 saturated carbocycles. The molecule has 0 fully saturated rings. The van der Waals surface area contributed by atoms with E-state index in [9.17, 15) is 13.2 Å². The summed E-state index contributed by atoms with van der Waals surface area (Å²) in [7, 11) is 0. The molecule has 0 unspecified atom stereocenters. The fourth-order valence-corrected chi connectivity index (χ4v) is 1.60. The minimum absolute atomic E-state index is 0.143. The number of aromatic nitrogens is 1. The van der Waals surface area contributed by atoms with Gasteiger partial charge in [-0.2, -0.15) is 13.2 Å². The van der Waals surface area contributed by atoms with Crippen molar-refractivity contribution < 1.29 is 13.2 Å². The SMILES string of the molecule is Cc1c(Nc2[c]cccn2)cccc1C(F)(F)F. The van der Waals surface area contributed by atoms with E-state index in [1.165, 1.54) is 13.0 Å². The molecule has 93 valence electrons. The van der Waals surface area contributed by atoms with Gasteiger partial charge in [0.1, 0.15) is 5.82 Å². The zero-order valence-electron chi connectivity index (χ0n) is 9.55. The van der Waals surface area contributed by atoms with Crippen LogP contribution < -0.4 is 5.32 Å². The third-order valence-electron chi connectivity index (χ3n) is 2.50. The summed E-state index contributed by atoms with van der Waals surface area (Å²) in [5.41, 5.74) is -0.132. The van der Waals surface area contributed by atoms with Crippen molar-refractivity contribution in [3.05, 3.63) is 53.7 Å². The summed E-state index contributed by atoms with van der Waals surface area (Å²) in [6.45, 7) is 1.42. The maximum absolute atomic E-state index is 12.7. The van der Waals surface area contributed by atoms with E-state index in [1.807, 2.05) is 0 Å². The molecule has 0 bridgehead atoms. The predicted octanol–water partition coefficient (Wildman–Crippen LogP) is 3.95. The van der Waals surface area contributed by atoms with Gasteiger partial charge in [0.2, 0.25) is 0 Å². The van der Waals surface area contributed by atoms with Gasteiger partial charge in [-0.25, -0.2) is 4.98 Å². The number of pyridine rings is 1. The Hall–Kier alpha value is -2.04. The van der Waals surface area contributed by atoms with Crippen molar-refractivity contribution in [3.8, 4) is 0 Å². The molecule has 1 N–H and O–H groups in total. The van der Waals surface area contributed by atoms with Gasteiger partial charge in [-0.3, -0.25) is 0 Å². The molecule has 0 amide bonds. The van der Waals surface area contributed by atoms with Crippen molar-refractivity contribution in [1.82, 2.24) is 4.98 Å². The van der Waals surface area contributed by atoms with Gasteiger partial charge in [-0.15, -0.1) is 0 Å². The topological polar surface area (TPSA) is 24.9 Å². The number of alkyl halides is 3. The number of hydrogen-bond donors (Lipinski definition) is 1. The number of nitrogens with zero attached hydrogens (tertiary/aromatic N) is 1. The van der Waals surface area contributed by atoms with Crippen LogP contribution in [-0.4, -0.2) is 4.98 Å². The Morgan fingerprint density at radius 2 is 2.00 bits per heavy atom. The smallest absolute Gasteiger partial charge is 0.339 e. The highest BCUT2D eigenvalue weighted by atomic mass is 19.4. The molecule has 1 aromatic heterocycles. The summed E-state index contributed by atoms with van der Waals surface area (Å²) >= 11 is 0. The highest BCUT2D eigenvalue weighted by Gasteiger charge is 2.32. The van der Waals surface area contributed by atoms with E-state index >= 15 is 0 Å². The quantitative estimate of drug-likeness (QED) is 0.874. The van der Waals surface area contributed by atoms with E-state index in [0.29, 0.717) is 11.5 Å². The molecule has 0 atom stereocenters. The van der Waals surface area contributed by atoms with E-state index in [2.05, 4.69) is 16.4 Å². The summed E-state index contributed by atoms with van der Waals surface area (Å²) < 4.78 is 38.1. The molecule has 0 aliphatic heterocycles. The number of halogens is 3. The molecular weight excluding hydrogens is 241 g/mol. The van der Waals surface area contributed by atoms with Crippen LogP contribution in [0.15, 0.2) is 36.5 Å². The zero-order valence-corrected chi connectivity index (χ0v) is 9.55. The van der Waals surface area contributed by atoms with Crippen LogP contribution in [0.1, 0.15) is 11.1 Å². The molecule has 5 heteroatoms. The third-order valence-corrected chi connectivity index (χ3v) is 2.50. The lowest BCUT2D eigenvalue weighted by atomic mass is 10.1. The normalized spacial score (nSPS) is 11.3. The first-order valence-corrected chi connectivity index (χ1v) is 5.25. The van der Waals surface area contributed by atoms with Crippen LogP contribution >= 0.6 is 0 Å². The van der Waals surface area contributed by atoms with Crippen molar-refractivity contribution in [2.75, 3.05) is 5.32 Å². The van der Waals surface area contributed by atoms with Gasteiger partial charge in [-0.1, -0.05) is 6.07 Å². The van der Waals surface area contributed by atoms with Crippen molar-refractivity contribution >= 4 is 11.5 Å². The molecule has 0 aliphatic rings. The Bertz CT molecular complexity index is 536. The second-order valence-electron chi connectivity index (χ2n) is 3.73. The fraction of sp³-hybridized carbons (Fsp3) is 0.154.